The Morgan fingerprint density at radius 1 is 1.06 bits per heavy atom. The van der Waals surface area contributed by atoms with E-state index in [1.54, 1.807) is 26.6 Å². The summed E-state index contributed by atoms with van der Waals surface area (Å²) < 4.78 is 24.6. The van der Waals surface area contributed by atoms with Gasteiger partial charge in [-0.3, -0.25) is 9.80 Å². The molecule has 270 valence electrons. The Morgan fingerprint density at radius 2 is 1.78 bits per heavy atom. The summed E-state index contributed by atoms with van der Waals surface area (Å²) in [4.78, 5) is 29.2. The van der Waals surface area contributed by atoms with Crippen LogP contribution in [0.3, 0.4) is 0 Å². The van der Waals surface area contributed by atoms with Crippen molar-refractivity contribution >= 4 is 59.0 Å². The van der Waals surface area contributed by atoms with Crippen molar-refractivity contribution in [1.29, 1.82) is 0 Å². The van der Waals surface area contributed by atoms with Gasteiger partial charge in [-0.2, -0.15) is 4.98 Å². The van der Waals surface area contributed by atoms with Crippen molar-refractivity contribution in [2.45, 2.75) is 77.0 Å². The molecule has 13 heteroatoms. The summed E-state index contributed by atoms with van der Waals surface area (Å²) in [7, 11) is -0.867. The standard InChI is InChI=1S/C37H51ClN7O4P/c1-8-25-21-29(41-34-39-23-27(38)33(42-34)40-28-11-9-10-12-32(28)50(6,7)47)31(48-5)22-30(25)43-17-13-26(14-18-43)44-19-20-45(37(24-44)15-16-37)35(46)49-36(2,3)4/h9-12,21-23,26H,8,13-20,24H2,1-7H3,(H2,39,40,41,42). The number of nitrogens with zero attached hydrogens (tertiary/aromatic N) is 5. The molecule has 3 aromatic rings. The molecular weight excluding hydrogens is 673 g/mol. The lowest BCUT2D eigenvalue weighted by atomic mass is 9.98. The van der Waals surface area contributed by atoms with E-state index in [0.717, 1.165) is 75.8 Å². The summed E-state index contributed by atoms with van der Waals surface area (Å²) in [6, 6.07) is 12.2. The molecule has 3 fully saturated rings. The van der Waals surface area contributed by atoms with Crippen LogP contribution in [0.4, 0.5) is 33.6 Å². The normalized spacial score (nSPS) is 18.2. The Hall–Kier alpha value is -3.53. The predicted molar refractivity (Wildman–Crippen MR) is 203 cm³/mol. The smallest absolute Gasteiger partial charge is 0.410 e. The molecule has 1 saturated carbocycles. The maximum absolute atomic E-state index is 13.0. The van der Waals surface area contributed by atoms with Crippen LogP contribution in [0.1, 0.15) is 58.9 Å². The van der Waals surface area contributed by atoms with Gasteiger partial charge in [-0.05, 0) is 90.0 Å². The number of halogens is 1. The second-order valence-corrected chi connectivity index (χ2v) is 18.7. The zero-order chi connectivity index (χ0) is 35.8. The van der Waals surface area contributed by atoms with Crippen molar-refractivity contribution in [2.75, 3.05) is 68.7 Å². The van der Waals surface area contributed by atoms with E-state index in [9.17, 15) is 9.36 Å². The Bertz CT molecular complexity index is 1760. The molecule has 2 saturated heterocycles. The molecule has 6 rings (SSSR count). The number of piperidine rings is 1. The number of methoxy groups -OCH3 is 1. The van der Waals surface area contributed by atoms with Crippen molar-refractivity contribution in [1.82, 2.24) is 19.8 Å². The number of rotatable bonds is 9. The number of piperazine rings is 1. The summed E-state index contributed by atoms with van der Waals surface area (Å²) in [5, 5.41) is 7.70. The molecule has 1 amide bonds. The SMILES string of the molecule is CCc1cc(Nc2ncc(Cl)c(Nc3ccccc3P(C)(C)=O)n2)c(OC)cc1N1CCC(N2CCN(C(=O)OC(C)(C)C)C3(CC3)C2)CC1. The Balaban J connectivity index is 1.13. The number of aryl methyl sites for hydroxylation is 1. The van der Waals surface area contributed by atoms with Gasteiger partial charge in [0.1, 0.15) is 23.5 Å². The number of ether oxygens (including phenoxy) is 2. The van der Waals surface area contributed by atoms with Gasteiger partial charge in [0.2, 0.25) is 5.95 Å². The summed E-state index contributed by atoms with van der Waals surface area (Å²) in [6.07, 6.45) is 6.46. The molecule has 2 aliphatic heterocycles. The molecule has 2 N–H and O–H groups in total. The lowest BCUT2D eigenvalue weighted by Gasteiger charge is -2.47. The van der Waals surface area contributed by atoms with Crippen LogP contribution in [0, 0.1) is 0 Å². The van der Waals surface area contributed by atoms with E-state index in [-0.39, 0.29) is 11.6 Å². The van der Waals surface area contributed by atoms with E-state index in [4.69, 9.17) is 21.1 Å². The maximum atomic E-state index is 13.0. The third-order valence-electron chi connectivity index (χ3n) is 9.95. The van der Waals surface area contributed by atoms with Crippen LogP contribution < -0.4 is 25.6 Å². The molecule has 3 aliphatic rings. The van der Waals surface area contributed by atoms with Crippen molar-refractivity contribution in [3.05, 3.63) is 53.2 Å². The largest absolute Gasteiger partial charge is 0.494 e. The van der Waals surface area contributed by atoms with E-state index < -0.39 is 12.7 Å². The van der Waals surface area contributed by atoms with Crippen LogP contribution >= 0.6 is 18.7 Å². The van der Waals surface area contributed by atoms with Crippen LogP contribution in [0.25, 0.3) is 0 Å². The minimum atomic E-state index is -2.54. The first-order valence-corrected chi connectivity index (χ1v) is 20.6. The van der Waals surface area contributed by atoms with Crippen LogP contribution in [0.15, 0.2) is 42.6 Å². The van der Waals surface area contributed by atoms with Crippen molar-refractivity contribution in [2.24, 2.45) is 0 Å². The van der Waals surface area contributed by atoms with Gasteiger partial charge in [-0.1, -0.05) is 30.7 Å². The van der Waals surface area contributed by atoms with Crippen molar-refractivity contribution < 1.29 is 18.8 Å². The molecule has 2 aromatic carbocycles. The van der Waals surface area contributed by atoms with Gasteiger partial charge < -0.3 is 29.6 Å². The quantitative estimate of drug-likeness (QED) is 0.216. The molecule has 3 heterocycles. The number of amides is 1. The van der Waals surface area contributed by atoms with E-state index in [1.807, 2.05) is 49.9 Å². The lowest BCUT2D eigenvalue weighted by molar-refractivity contribution is -0.0156. The van der Waals surface area contributed by atoms with Gasteiger partial charge in [0, 0.05) is 55.8 Å². The molecule has 11 nitrogen and oxygen atoms in total. The Morgan fingerprint density at radius 3 is 2.42 bits per heavy atom. The van der Waals surface area contributed by atoms with Gasteiger partial charge >= 0.3 is 6.09 Å². The summed E-state index contributed by atoms with van der Waals surface area (Å²) in [5.41, 5.74) is 3.30. The first-order valence-electron chi connectivity index (χ1n) is 17.6. The second-order valence-electron chi connectivity index (χ2n) is 15.1. The molecule has 1 spiro atoms. The third-order valence-corrected chi connectivity index (χ3v) is 11.8. The number of carbonyl (C=O) groups excluding carboxylic acids is 1. The van der Waals surface area contributed by atoms with Crippen LogP contribution in [0.2, 0.25) is 5.02 Å². The molecule has 1 aliphatic carbocycles. The number of hydrogen-bond acceptors (Lipinski definition) is 10. The fraction of sp³-hybridized carbons (Fsp3) is 0.541. The molecule has 0 unspecified atom stereocenters. The third kappa shape index (κ3) is 8.00. The summed E-state index contributed by atoms with van der Waals surface area (Å²) in [5.74, 6) is 1.47. The minimum absolute atomic E-state index is 0.0620. The van der Waals surface area contributed by atoms with Crippen LogP contribution in [-0.2, 0) is 15.7 Å². The molecule has 0 radical (unpaired) electrons. The number of para-hydroxylation sites is 1. The second kappa shape index (κ2) is 14.2. The number of carbonyl (C=O) groups is 1. The highest BCUT2D eigenvalue weighted by atomic mass is 35.5. The monoisotopic (exact) mass is 723 g/mol. The van der Waals surface area contributed by atoms with Gasteiger partial charge in [0.25, 0.3) is 0 Å². The summed E-state index contributed by atoms with van der Waals surface area (Å²) in [6.45, 7) is 15.9. The zero-order valence-electron chi connectivity index (χ0n) is 30.4. The number of anilines is 5. The van der Waals surface area contributed by atoms with Gasteiger partial charge in [0.05, 0.1) is 30.2 Å². The highest BCUT2D eigenvalue weighted by molar-refractivity contribution is 7.70. The molecule has 0 bridgehead atoms. The van der Waals surface area contributed by atoms with E-state index >= 15 is 0 Å². The average Bonchev–Trinajstić information content (AvgIpc) is 3.83. The van der Waals surface area contributed by atoms with Crippen LogP contribution in [0.5, 0.6) is 5.75 Å². The number of hydrogen-bond donors (Lipinski definition) is 2. The Kier molecular flexibility index (Phi) is 10.3. The highest BCUT2D eigenvalue weighted by Gasteiger charge is 2.55. The van der Waals surface area contributed by atoms with Crippen molar-refractivity contribution in [3.8, 4) is 5.75 Å². The van der Waals surface area contributed by atoms with Gasteiger partial charge in [-0.15, -0.1) is 0 Å². The first kappa shape index (κ1) is 36.3. The number of aromatic nitrogens is 2. The average molecular weight is 724 g/mol. The number of nitrogens with one attached hydrogen (secondary N) is 2. The highest BCUT2D eigenvalue weighted by Crippen LogP contribution is 2.46. The van der Waals surface area contributed by atoms with E-state index in [1.165, 1.54) is 11.3 Å². The molecule has 50 heavy (non-hydrogen) atoms. The van der Waals surface area contributed by atoms with Gasteiger partial charge in [0.15, 0.2) is 5.82 Å². The molecular formula is C37H51ClN7O4P. The maximum Gasteiger partial charge on any atom is 0.410 e. The predicted octanol–water partition coefficient (Wildman–Crippen LogP) is 7.49. The summed E-state index contributed by atoms with van der Waals surface area (Å²) >= 11 is 6.51. The fourth-order valence-corrected chi connectivity index (χ4v) is 8.53. The van der Waals surface area contributed by atoms with E-state index in [0.29, 0.717) is 34.3 Å². The lowest BCUT2D eigenvalue weighted by Crippen LogP contribution is -2.60. The van der Waals surface area contributed by atoms with E-state index in [2.05, 4.69) is 49.5 Å². The zero-order valence-corrected chi connectivity index (χ0v) is 32.0. The number of benzene rings is 2. The Labute approximate surface area is 301 Å². The van der Waals surface area contributed by atoms with Crippen LogP contribution in [-0.4, -0.2) is 96.2 Å². The molecule has 0 atom stereocenters. The first-order chi connectivity index (χ1) is 23.7. The van der Waals surface area contributed by atoms with Gasteiger partial charge in [-0.25, -0.2) is 9.78 Å². The minimum Gasteiger partial charge on any atom is -0.494 e. The fourth-order valence-electron chi connectivity index (χ4n) is 7.24. The molecule has 1 aromatic heterocycles. The van der Waals surface area contributed by atoms with Crippen molar-refractivity contribution in [3.63, 3.8) is 0 Å². The topological polar surface area (TPSA) is 112 Å².